The average molecular weight is 392 g/mol. The molecule has 0 aliphatic carbocycles. The normalized spacial score (nSPS) is 10.8. The second-order valence-corrected chi connectivity index (χ2v) is 7.32. The summed E-state index contributed by atoms with van der Waals surface area (Å²) >= 11 is 0. The summed E-state index contributed by atoms with van der Waals surface area (Å²) in [6.07, 6.45) is 3.61. The Labute approximate surface area is 171 Å². The van der Waals surface area contributed by atoms with Gasteiger partial charge in [0.1, 0.15) is 0 Å². The molecule has 5 heteroatoms. The number of benzene rings is 2. The first-order chi connectivity index (χ1) is 14.1. The summed E-state index contributed by atoms with van der Waals surface area (Å²) in [5.41, 5.74) is 4.39. The Balaban J connectivity index is 1.49. The molecule has 0 saturated heterocycles. The molecule has 29 heavy (non-hydrogen) atoms. The monoisotopic (exact) mass is 392 g/mol. The number of nitrogens with one attached hydrogen (secondary N) is 1. The quantitative estimate of drug-likeness (QED) is 0.549. The number of hydrogen-bond acceptors (Lipinski definition) is 3. The van der Waals surface area contributed by atoms with E-state index in [4.69, 9.17) is 4.74 Å². The van der Waals surface area contributed by atoms with Gasteiger partial charge in [-0.05, 0) is 37.0 Å². The standard InChI is InChI=1S/C24H28N2O3/c1-3-14-26(16-19-10-8-18(2)9-11-19)23(27)17-29-24(28)13-12-20-15-25-22-7-5-4-6-21(20)22/h4-11,15,25H,3,12-14,16-17H2,1-2H3. The Bertz CT molecular complexity index is 960. The van der Waals surface area contributed by atoms with Crippen LogP contribution in [0, 0.1) is 6.92 Å². The van der Waals surface area contributed by atoms with Crippen molar-refractivity contribution in [3.63, 3.8) is 0 Å². The van der Waals surface area contributed by atoms with Crippen molar-refractivity contribution in [2.24, 2.45) is 0 Å². The van der Waals surface area contributed by atoms with Gasteiger partial charge in [0.15, 0.2) is 6.61 Å². The summed E-state index contributed by atoms with van der Waals surface area (Å²) in [6, 6.07) is 16.1. The lowest BCUT2D eigenvalue weighted by Gasteiger charge is -2.22. The number of esters is 1. The van der Waals surface area contributed by atoms with E-state index in [2.05, 4.69) is 4.98 Å². The lowest BCUT2D eigenvalue weighted by atomic mass is 10.1. The molecule has 1 heterocycles. The summed E-state index contributed by atoms with van der Waals surface area (Å²) < 4.78 is 5.26. The van der Waals surface area contributed by atoms with Gasteiger partial charge in [-0.2, -0.15) is 0 Å². The van der Waals surface area contributed by atoms with E-state index in [1.165, 1.54) is 5.56 Å². The number of aromatic amines is 1. The zero-order chi connectivity index (χ0) is 20.6. The number of amides is 1. The van der Waals surface area contributed by atoms with Crippen LogP contribution in [0.25, 0.3) is 10.9 Å². The van der Waals surface area contributed by atoms with Gasteiger partial charge in [0, 0.05) is 36.6 Å². The molecule has 0 unspecified atom stereocenters. The van der Waals surface area contributed by atoms with Crippen molar-refractivity contribution in [1.82, 2.24) is 9.88 Å². The van der Waals surface area contributed by atoms with E-state index in [0.717, 1.165) is 28.5 Å². The molecule has 0 radical (unpaired) electrons. The third-order valence-corrected chi connectivity index (χ3v) is 4.97. The molecule has 2 aromatic carbocycles. The van der Waals surface area contributed by atoms with Gasteiger partial charge in [0.2, 0.25) is 0 Å². The fourth-order valence-electron chi connectivity index (χ4n) is 3.36. The number of aromatic nitrogens is 1. The number of nitrogens with zero attached hydrogens (tertiary/aromatic N) is 1. The van der Waals surface area contributed by atoms with Crippen LogP contribution in [0.3, 0.4) is 0 Å². The Morgan fingerprint density at radius 2 is 1.83 bits per heavy atom. The van der Waals surface area contributed by atoms with E-state index in [0.29, 0.717) is 19.5 Å². The predicted octanol–water partition coefficient (Wildman–Crippen LogP) is 4.39. The highest BCUT2D eigenvalue weighted by Gasteiger charge is 2.16. The number of aryl methyl sites for hydroxylation is 2. The van der Waals surface area contributed by atoms with Crippen LogP contribution in [0.2, 0.25) is 0 Å². The molecule has 152 valence electrons. The molecule has 3 aromatic rings. The molecule has 0 saturated carbocycles. The Morgan fingerprint density at radius 3 is 2.59 bits per heavy atom. The number of rotatable bonds is 9. The van der Waals surface area contributed by atoms with Crippen LogP contribution >= 0.6 is 0 Å². The van der Waals surface area contributed by atoms with Crippen LogP contribution in [0.4, 0.5) is 0 Å². The third-order valence-electron chi connectivity index (χ3n) is 4.97. The summed E-state index contributed by atoms with van der Waals surface area (Å²) in [5, 5.41) is 1.11. The minimum absolute atomic E-state index is 0.159. The third kappa shape index (κ3) is 5.70. The van der Waals surface area contributed by atoms with Gasteiger partial charge in [0.25, 0.3) is 5.91 Å². The van der Waals surface area contributed by atoms with E-state index in [9.17, 15) is 9.59 Å². The molecular weight excluding hydrogens is 364 g/mol. The molecule has 1 N–H and O–H groups in total. The zero-order valence-corrected chi connectivity index (χ0v) is 17.1. The van der Waals surface area contributed by atoms with Gasteiger partial charge in [-0.3, -0.25) is 9.59 Å². The van der Waals surface area contributed by atoms with Gasteiger partial charge in [0.05, 0.1) is 0 Å². The van der Waals surface area contributed by atoms with E-state index < -0.39 is 0 Å². The van der Waals surface area contributed by atoms with Crippen LogP contribution in [0.5, 0.6) is 0 Å². The molecule has 0 atom stereocenters. The van der Waals surface area contributed by atoms with Crippen LogP contribution in [-0.4, -0.2) is 34.9 Å². The second-order valence-electron chi connectivity index (χ2n) is 7.32. The Hall–Kier alpha value is -3.08. The van der Waals surface area contributed by atoms with Gasteiger partial charge in [-0.15, -0.1) is 0 Å². The summed E-state index contributed by atoms with van der Waals surface area (Å²) in [4.78, 5) is 29.7. The maximum absolute atomic E-state index is 12.6. The highest BCUT2D eigenvalue weighted by atomic mass is 16.5. The second kappa shape index (κ2) is 9.92. The van der Waals surface area contributed by atoms with Crippen molar-refractivity contribution >= 4 is 22.8 Å². The fraction of sp³-hybridized carbons (Fsp3) is 0.333. The van der Waals surface area contributed by atoms with Gasteiger partial charge in [-0.1, -0.05) is 55.0 Å². The number of carbonyl (C=O) groups excluding carboxylic acids is 2. The van der Waals surface area contributed by atoms with Crippen molar-refractivity contribution in [1.29, 1.82) is 0 Å². The van der Waals surface area contributed by atoms with Crippen molar-refractivity contribution < 1.29 is 14.3 Å². The highest BCUT2D eigenvalue weighted by molar-refractivity contribution is 5.84. The van der Waals surface area contributed by atoms with E-state index in [-0.39, 0.29) is 24.9 Å². The lowest BCUT2D eigenvalue weighted by molar-refractivity contribution is -0.152. The topological polar surface area (TPSA) is 62.4 Å². The van der Waals surface area contributed by atoms with Crippen molar-refractivity contribution in [3.05, 3.63) is 71.4 Å². The number of carbonyl (C=O) groups is 2. The first-order valence-corrected chi connectivity index (χ1v) is 10.1. The zero-order valence-electron chi connectivity index (χ0n) is 17.1. The van der Waals surface area contributed by atoms with Crippen molar-refractivity contribution in [2.45, 2.75) is 39.7 Å². The van der Waals surface area contributed by atoms with Crippen LogP contribution in [0.15, 0.2) is 54.7 Å². The van der Waals surface area contributed by atoms with Crippen LogP contribution in [-0.2, 0) is 27.3 Å². The first kappa shape index (κ1) is 20.6. The summed E-state index contributed by atoms with van der Waals surface area (Å²) in [5.74, 6) is -0.511. The summed E-state index contributed by atoms with van der Waals surface area (Å²) in [6.45, 7) is 5.02. The number of fused-ring (bicyclic) bond motifs is 1. The predicted molar refractivity (Wildman–Crippen MR) is 114 cm³/mol. The number of hydrogen-bond donors (Lipinski definition) is 1. The SMILES string of the molecule is CCCN(Cc1ccc(C)cc1)C(=O)COC(=O)CCc1c[nH]c2ccccc12. The molecule has 0 bridgehead atoms. The molecule has 1 amide bonds. The Kier molecular flexibility index (Phi) is 7.06. The van der Waals surface area contributed by atoms with E-state index in [1.807, 2.05) is 68.6 Å². The molecule has 0 aliphatic heterocycles. The molecule has 3 rings (SSSR count). The fourth-order valence-corrected chi connectivity index (χ4v) is 3.36. The average Bonchev–Trinajstić information content (AvgIpc) is 3.15. The molecule has 0 spiro atoms. The van der Waals surface area contributed by atoms with Crippen LogP contribution < -0.4 is 0 Å². The largest absolute Gasteiger partial charge is 0.456 e. The minimum atomic E-state index is -0.351. The number of H-pyrrole nitrogens is 1. The van der Waals surface area contributed by atoms with Crippen molar-refractivity contribution in [3.8, 4) is 0 Å². The lowest BCUT2D eigenvalue weighted by Crippen LogP contribution is -2.34. The number of para-hydroxylation sites is 1. The van der Waals surface area contributed by atoms with Crippen LogP contribution in [0.1, 0.15) is 36.5 Å². The van der Waals surface area contributed by atoms with Gasteiger partial charge >= 0.3 is 5.97 Å². The maximum Gasteiger partial charge on any atom is 0.306 e. The maximum atomic E-state index is 12.6. The summed E-state index contributed by atoms with van der Waals surface area (Å²) in [7, 11) is 0. The first-order valence-electron chi connectivity index (χ1n) is 10.1. The molecule has 0 fully saturated rings. The molecule has 1 aromatic heterocycles. The molecular formula is C24H28N2O3. The van der Waals surface area contributed by atoms with Crippen molar-refractivity contribution in [2.75, 3.05) is 13.2 Å². The van der Waals surface area contributed by atoms with E-state index in [1.54, 1.807) is 4.90 Å². The molecule has 0 aliphatic rings. The van der Waals surface area contributed by atoms with Gasteiger partial charge in [-0.25, -0.2) is 0 Å². The van der Waals surface area contributed by atoms with Gasteiger partial charge < -0.3 is 14.6 Å². The molecule has 5 nitrogen and oxygen atoms in total. The smallest absolute Gasteiger partial charge is 0.306 e. The minimum Gasteiger partial charge on any atom is -0.456 e. The van der Waals surface area contributed by atoms with E-state index >= 15 is 0 Å². The Morgan fingerprint density at radius 1 is 1.07 bits per heavy atom. The number of ether oxygens (including phenoxy) is 1. The highest BCUT2D eigenvalue weighted by Crippen LogP contribution is 2.19.